The second-order valence-electron chi connectivity index (χ2n) is 7.27. The average Bonchev–Trinajstić information content (AvgIpc) is 3.03. The molecule has 1 N–H and O–H groups in total. The van der Waals surface area contributed by atoms with Crippen LogP contribution in [0.5, 0.6) is 0 Å². The highest BCUT2D eigenvalue weighted by molar-refractivity contribution is 6.29. The number of hydrazone groups is 1. The van der Waals surface area contributed by atoms with Crippen LogP contribution in [0.3, 0.4) is 0 Å². The number of rotatable bonds is 3. The highest BCUT2D eigenvalue weighted by atomic mass is 35.5. The van der Waals surface area contributed by atoms with Gasteiger partial charge >= 0.3 is 0 Å². The van der Waals surface area contributed by atoms with Crippen LogP contribution in [-0.2, 0) is 23.7 Å². The van der Waals surface area contributed by atoms with E-state index in [9.17, 15) is 0 Å². The number of hydrogen-bond donors (Lipinski definition) is 1. The number of nitrogens with zero attached hydrogens (tertiary/aromatic N) is 3. The summed E-state index contributed by atoms with van der Waals surface area (Å²) in [4.78, 5) is 0. The van der Waals surface area contributed by atoms with Crippen molar-refractivity contribution in [2.75, 3.05) is 5.43 Å². The molecule has 10 heteroatoms. The average molecular weight is 385 g/mol. The van der Waals surface area contributed by atoms with E-state index in [0.29, 0.717) is 11.0 Å². The summed E-state index contributed by atoms with van der Waals surface area (Å²) >= 11 is 5.71. The van der Waals surface area contributed by atoms with Crippen molar-refractivity contribution in [3.8, 4) is 0 Å². The fourth-order valence-electron chi connectivity index (χ4n) is 3.32. The van der Waals surface area contributed by atoms with Crippen LogP contribution >= 0.6 is 11.6 Å². The van der Waals surface area contributed by atoms with Crippen molar-refractivity contribution >= 4 is 23.6 Å². The first kappa shape index (κ1) is 18.0. The van der Waals surface area contributed by atoms with E-state index in [1.807, 2.05) is 27.7 Å². The van der Waals surface area contributed by atoms with Crippen LogP contribution in [0.4, 0.5) is 5.82 Å². The molecule has 1 aromatic heterocycles. The molecule has 3 aliphatic rings. The molecule has 9 nitrogen and oxygen atoms in total. The number of nitrogens with one attached hydrogen (secondary N) is 1. The molecule has 0 saturated carbocycles. The molecule has 0 amide bonds. The molecule has 0 bridgehead atoms. The quantitative estimate of drug-likeness (QED) is 0.623. The van der Waals surface area contributed by atoms with Crippen LogP contribution < -0.4 is 5.43 Å². The smallest absolute Gasteiger partial charge is 0.190 e. The molecular weight excluding hydrogens is 364 g/mol. The molecule has 26 heavy (non-hydrogen) atoms. The Hall–Kier alpha value is -1.36. The van der Waals surface area contributed by atoms with E-state index < -0.39 is 24.0 Å². The maximum atomic E-state index is 6.04. The number of aromatic nitrogens is 2. The molecule has 3 saturated heterocycles. The molecule has 0 radical (unpaired) electrons. The number of halogens is 1. The Balaban J connectivity index is 1.50. The first-order chi connectivity index (χ1) is 12.2. The minimum atomic E-state index is -0.751. The van der Waals surface area contributed by atoms with Crippen molar-refractivity contribution in [2.45, 2.75) is 70.0 Å². The minimum Gasteiger partial charge on any atom is -0.342 e. The summed E-state index contributed by atoms with van der Waals surface area (Å²) in [5.41, 5.74) is 2.78. The topological polar surface area (TPSA) is 96.3 Å². The summed E-state index contributed by atoms with van der Waals surface area (Å²) in [6, 6.07) is 3.29. The lowest BCUT2D eigenvalue weighted by atomic mass is 10.00. The maximum Gasteiger partial charge on any atom is 0.190 e. The fraction of sp³-hybridized carbons (Fsp3) is 0.688. The number of anilines is 1. The Bertz CT molecular complexity index is 698. The zero-order valence-corrected chi connectivity index (χ0v) is 15.6. The third-order valence-corrected chi connectivity index (χ3v) is 4.42. The first-order valence-corrected chi connectivity index (χ1v) is 8.75. The summed E-state index contributed by atoms with van der Waals surface area (Å²) in [6.45, 7) is 7.40. The maximum absolute atomic E-state index is 6.04. The molecule has 1 aromatic rings. The predicted molar refractivity (Wildman–Crippen MR) is 91.7 cm³/mol. The molecule has 4 rings (SSSR count). The molecule has 142 valence electrons. The van der Waals surface area contributed by atoms with Gasteiger partial charge in [0.2, 0.25) is 0 Å². The van der Waals surface area contributed by atoms with Crippen molar-refractivity contribution in [3.05, 3.63) is 17.3 Å². The molecule has 0 aromatic carbocycles. The predicted octanol–water partition coefficient (Wildman–Crippen LogP) is 1.92. The first-order valence-electron chi connectivity index (χ1n) is 8.38. The lowest BCUT2D eigenvalue weighted by Gasteiger charge is -2.35. The molecule has 0 aliphatic carbocycles. The van der Waals surface area contributed by atoms with Gasteiger partial charge in [-0.25, -0.2) is 0 Å². The Morgan fingerprint density at radius 1 is 1.00 bits per heavy atom. The van der Waals surface area contributed by atoms with Crippen molar-refractivity contribution in [1.82, 2.24) is 10.2 Å². The lowest BCUT2D eigenvalue weighted by Crippen LogP contribution is -2.55. The molecule has 3 fully saturated rings. The number of ether oxygens (including phenoxy) is 5. The third kappa shape index (κ3) is 3.55. The molecular formula is C16H21ClN4O5. The number of fused-ring (bicyclic) bond motifs is 3. The van der Waals surface area contributed by atoms with Gasteiger partial charge in [-0.2, -0.15) is 5.10 Å². The van der Waals surface area contributed by atoms with Gasteiger partial charge in [-0.3, -0.25) is 5.43 Å². The highest BCUT2D eigenvalue weighted by Crippen LogP contribution is 2.43. The van der Waals surface area contributed by atoms with Gasteiger partial charge in [0, 0.05) is 0 Å². The monoisotopic (exact) mass is 384 g/mol. The Labute approximate surface area is 155 Å². The second-order valence-corrected chi connectivity index (χ2v) is 7.65. The fourth-order valence-corrected chi connectivity index (χ4v) is 3.42. The van der Waals surface area contributed by atoms with Crippen molar-refractivity contribution in [2.24, 2.45) is 5.10 Å². The molecule has 0 unspecified atom stereocenters. The Morgan fingerprint density at radius 2 is 1.69 bits per heavy atom. The van der Waals surface area contributed by atoms with Crippen LogP contribution in [-0.4, -0.2) is 58.7 Å². The lowest BCUT2D eigenvalue weighted by molar-refractivity contribution is -0.217. The van der Waals surface area contributed by atoms with E-state index in [2.05, 4.69) is 20.7 Å². The number of hydrogen-bond acceptors (Lipinski definition) is 9. The summed E-state index contributed by atoms with van der Waals surface area (Å²) in [6.07, 6.45) is -0.493. The SMILES string of the molecule is CC1(C)O[C@H]2[C@@H](O1)[C@@H](/C=N/Nc1ccc(Cl)nn1)O[C@@H]1OC(C)(C)O[C@@H]12. The van der Waals surface area contributed by atoms with E-state index in [1.165, 1.54) is 0 Å². The molecule has 3 aliphatic heterocycles. The van der Waals surface area contributed by atoms with Crippen molar-refractivity contribution in [3.63, 3.8) is 0 Å². The molecule has 5 atom stereocenters. The van der Waals surface area contributed by atoms with Crippen LogP contribution in [0.2, 0.25) is 5.15 Å². The van der Waals surface area contributed by atoms with Gasteiger partial charge in [0.05, 0.1) is 6.21 Å². The standard InChI is InChI=1S/C16H21ClN4O5/c1-15(2)23-11-8(7-18-20-10-6-5-9(17)19-21-10)22-14-13(12(11)24-15)25-16(3,4)26-14/h5-8,11-14H,1-4H3,(H,20,21)/b18-7+/t8-,11+,12+,13-,14-/m1/s1. The van der Waals surface area contributed by atoms with Crippen LogP contribution in [0, 0.1) is 0 Å². The second kappa shape index (κ2) is 6.36. The van der Waals surface area contributed by atoms with Crippen LogP contribution in [0.25, 0.3) is 0 Å². The third-order valence-electron chi connectivity index (χ3n) is 4.22. The van der Waals surface area contributed by atoms with E-state index in [4.69, 9.17) is 35.3 Å². The van der Waals surface area contributed by atoms with Crippen molar-refractivity contribution in [1.29, 1.82) is 0 Å². The normalized spacial score (nSPS) is 37.5. The molecule has 4 heterocycles. The van der Waals surface area contributed by atoms with E-state index in [1.54, 1.807) is 18.3 Å². The zero-order chi connectivity index (χ0) is 18.5. The highest BCUT2D eigenvalue weighted by Gasteiger charge is 2.60. The summed E-state index contributed by atoms with van der Waals surface area (Å²) in [7, 11) is 0. The molecule has 0 spiro atoms. The van der Waals surface area contributed by atoms with Gasteiger partial charge in [-0.1, -0.05) is 11.6 Å². The van der Waals surface area contributed by atoms with Crippen molar-refractivity contribution < 1.29 is 23.7 Å². The summed E-state index contributed by atoms with van der Waals surface area (Å²) in [5.74, 6) is -1.04. The van der Waals surface area contributed by atoms with Gasteiger partial charge < -0.3 is 23.7 Å². The zero-order valence-electron chi connectivity index (χ0n) is 14.9. The Kier molecular flexibility index (Phi) is 4.41. The van der Waals surface area contributed by atoms with Gasteiger partial charge in [-0.15, -0.1) is 10.2 Å². The van der Waals surface area contributed by atoms with Crippen LogP contribution in [0.1, 0.15) is 27.7 Å². The van der Waals surface area contributed by atoms with E-state index in [-0.39, 0.29) is 18.3 Å². The van der Waals surface area contributed by atoms with Gasteiger partial charge in [-0.05, 0) is 39.8 Å². The van der Waals surface area contributed by atoms with Gasteiger partial charge in [0.25, 0.3) is 0 Å². The largest absolute Gasteiger partial charge is 0.342 e. The van der Waals surface area contributed by atoms with E-state index in [0.717, 1.165) is 0 Å². The minimum absolute atomic E-state index is 0.309. The van der Waals surface area contributed by atoms with Crippen LogP contribution in [0.15, 0.2) is 17.2 Å². The van der Waals surface area contributed by atoms with Gasteiger partial charge in [0.1, 0.15) is 24.4 Å². The Morgan fingerprint density at radius 3 is 2.42 bits per heavy atom. The van der Waals surface area contributed by atoms with Gasteiger partial charge in [0.15, 0.2) is 28.8 Å². The summed E-state index contributed by atoms with van der Waals surface area (Å²) < 4.78 is 29.9. The van der Waals surface area contributed by atoms with E-state index >= 15 is 0 Å². The summed E-state index contributed by atoms with van der Waals surface area (Å²) in [5, 5.41) is 12.1.